The Morgan fingerprint density at radius 1 is 1.23 bits per heavy atom. The third kappa shape index (κ3) is 5.29. The van der Waals surface area contributed by atoms with Crippen molar-refractivity contribution in [1.82, 2.24) is 14.8 Å². The van der Waals surface area contributed by atoms with Crippen LogP contribution in [0.3, 0.4) is 0 Å². The summed E-state index contributed by atoms with van der Waals surface area (Å²) in [6.45, 7) is 6.56. The number of hydrogen-bond donors (Lipinski definition) is 2. The van der Waals surface area contributed by atoms with E-state index in [0.29, 0.717) is 34.9 Å². The number of amides is 1. The molecule has 2 heterocycles. The van der Waals surface area contributed by atoms with Gasteiger partial charge in [0.05, 0.1) is 16.4 Å². The molecule has 1 atom stereocenters. The van der Waals surface area contributed by atoms with Crippen molar-refractivity contribution in [2.45, 2.75) is 42.6 Å². The van der Waals surface area contributed by atoms with Crippen LogP contribution in [0.2, 0.25) is 0 Å². The second-order valence-electron chi connectivity index (χ2n) is 7.11. The van der Waals surface area contributed by atoms with Gasteiger partial charge in [-0.05, 0) is 43.2 Å². The van der Waals surface area contributed by atoms with E-state index in [4.69, 9.17) is 9.56 Å². The average Bonchev–Trinajstić information content (AvgIpc) is 3.31. The number of nitrogens with zero attached hydrogens (tertiary/aromatic N) is 3. The monoisotopic (exact) mass is 449 g/mol. The molecule has 0 aliphatic carbocycles. The van der Waals surface area contributed by atoms with Gasteiger partial charge in [-0.25, -0.2) is 13.6 Å². The summed E-state index contributed by atoms with van der Waals surface area (Å²) in [7, 11) is -3.85. The lowest BCUT2D eigenvalue weighted by Gasteiger charge is -2.15. The summed E-state index contributed by atoms with van der Waals surface area (Å²) in [6.07, 6.45) is 1.57. The first-order chi connectivity index (χ1) is 14.1. The lowest BCUT2D eigenvalue weighted by Crippen LogP contribution is -2.23. The molecule has 11 heteroatoms. The van der Waals surface area contributed by atoms with Gasteiger partial charge in [0, 0.05) is 12.2 Å². The lowest BCUT2D eigenvalue weighted by molar-refractivity contribution is -0.115. The third-order valence-electron chi connectivity index (χ3n) is 4.09. The summed E-state index contributed by atoms with van der Waals surface area (Å²) in [5, 5.41) is 16.4. The van der Waals surface area contributed by atoms with E-state index in [-0.39, 0.29) is 10.8 Å². The number of primary sulfonamides is 1. The number of hydrogen-bond acceptors (Lipinski definition) is 7. The van der Waals surface area contributed by atoms with E-state index < -0.39 is 15.3 Å². The highest BCUT2D eigenvalue weighted by atomic mass is 32.2. The number of sulfonamides is 1. The van der Waals surface area contributed by atoms with Crippen LogP contribution in [0.15, 0.2) is 57.1 Å². The molecule has 0 saturated heterocycles. The molecule has 0 saturated carbocycles. The van der Waals surface area contributed by atoms with Gasteiger partial charge in [-0.3, -0.25) is 9.36 Å². The van der Waals surface area contributed by atoms with Crippen LogP contribution in [0.4, 0.5) is 5.69 Å². The molecule has 9 nitrogen and oxygen atoms in total. The van der Waals surface area contributed by atoms with E-state index in [2.05, 4.69) is 29.4 Å². The minimum atomic E-state index is -3.85. The number of benzene rings is 1. The molecule has 3 N–H and O–H groups in total. The normalized spacial score (nSPS) is 12.8. The summed E-state index contributed by atoms with van der Waals surface area (Å²) >= 11 is 1.26. The number of nitrogens with two attached hydrogens (primary N) is 1. The topological polar surface area (TPSA) is 133 Å². The lowest BCUT2D eigenvalue weighted by atomic mass is 10.2. The largest absolute Gasteiger partial charge is 0.461 e. The van der Waals surface area contributed by atoms with Crippen molar-refractivity contribution in [3.63, 3.8) is 0 Å². The van der Waals surface area contributed by atoms with Crippen LogP contribution in [-0.2, 0) is 21.4 Å². The van der Waals surface area contributed by atoms with E-state index in [9.17, 15) is 13.2 Å². The van der Waals surface area contributed by atoms with Crippen LogP contribution in [-0.4, -0.2) is 34.3 Å². The Balaban J connectivity index is 1.77. The molecule has 0 fully saturated rings. The van der Waals surface area contributed by atoms with Crippen molar-refractivity contribution >= 4 is 33.4 Å². The second-order valence-corrected chi connectivity index (χ2v) is 9.98. The molecule has 0 bridgehead atoms. The number of furan rings is 1. The molecule has 0 unspecified atom stereocenters. The van der Waals surface area contributed by atoms with Gasteiger partial charge < -0.3 is 9.73 Å². The van der Waals surface area contributed by atoms with Gasteiger partial charge in [-0.1, -0.05) is 31.7 Å². The fraction of sp³-hybridized carbons (Fsp3) is 0.316. The van der Waals surface area contributed by atoms with Crippen LogP contribution < -0.4 is 10.5 Å². The van der Waals surface area contributed by atoms with E-state index in [1.807, 2.05) is 10.6 Å². The highest BCUT2D eigenvalue weighted by Gasteiger charge is 2.22. The predicted octanol–water partition coefficient (Wildman–Crippen LogP) is 2.96. The second kappa shape index (κ2) is 9.02. The summed E-state index contributed by atoms with van der Waals surface area (Å²) in [4.78, 5) is 12.6. The maximum absolute atomic E-state index is 12.7. The summed E-state index contributed by atoms with van der Waals surface area (Å²) in [5.41, 5.74) is 0.346. The summed E-state index contributed by atoms with van der Waals surface area (Å²) in [6, 6.07) is 9.39. The van der Waals surface area contributed by atoms with Crippen molar-refractivity contribution in [3.8, 4) is 11.6 Å². The minimum Gasteiger partial charge on any atom is -0.461 e. The molecule has 160 valence electrons. The van der Waals surface area contributed by atoms with Crippen molar-refractivity contribution in [3.05, 3.63) is 42.7 Å². The Labute approximate surface area is 179 Å². The zero-order chi connectivity index (χ0) is 21.9. The first-order valence-corrected chi connectivity index (χ1v) is 11.6. The molecule has 0 aliphatic heterocycles. The van der Waals surface area contributed by atoms with Gasteiger partial charge >= 0.3 is 0 Å². The number of anilines is 1. The first-order valence-electron chi connectivity index (χ1n) is 9.22. The molecule has 3 aromatic rings. The molecule has 0 radical (unpaired) electrons. The van der Waals surface area contributed by atoms with Crippen molar-refractivity contribution in [2.75, 3.05) is 5.32 Å². The third-order valence-corrected chi connectivity index (χ3v) is 6.08. The smallest absolute Gasteiger partial charge is 0.238 e. The van der Waals surface area contributed by atoms with Crippen LogP contribution >= 0.6 is 11.8 Å². The van der Waals surface area contributed by atoms with E-state index in [1.165, 1.54) is 30.0 Å². The highest BCUT2D eigenvalue weighted by molar-refractivity contribution is 8.00. The number of nitrogens with one attached hydrogen (secondary N) is 1. The fourth-order valence-electron chi connectivity index (χ4n) is 2.70. The molecule has 30 heavy (non-hydrogen) atoms. The zero-order valence-electron chi connectivity index (χ0n) is 16.8. The molecule has 1 aromatic carbocycles. The zero-order valence-corrected chi connectivity index (χ0v) is 18.4. The Bertz CT molecular complexity index is 1120. The number of thioether (sulfide) groups is 1. The molecule has 0 aliphatic rings. The molecule has 1 amide bonds. The molecule has 2 aromatic heterocycles. The quantitative estimate of drug-likeness (QED) is 0.505. The average molecular weight is 450 g/mol. The van der Waals surface area contributed by atoms with Crippen molar-refractivity contribution in [2.24, 2.45) is 11.1 Å². The summed E-state index contributed by atoms with van der Waals surface area (Å²) < 4.78 is 30.4. The van der Waals surface area contributed by atoms with Crippen LogP contribution in [0, 0.1) is 5.92 Å². The summed E-state index contributed by atoms with van der Waals surface area (Å²) in [5.74, 6) is 1.24. The highest BCUT2D eigenvalue weighted by Crippen LogP contribution is 2.28. The Kier molecular flexibility index (Phi) is 6.64. The SMILES string of the molecule is CC(C)Cn1c(S[C@H](C)C(=O)Nc2cccc(S(N)(=O)=O)c2)nnc1-c1ccco1. The Hall–Kier alpha value is -2.63. The van der Waals surface area contributed by atoms with E-state index in [0.717, 1.165) is 0 Å². The molecular weight excluding hydrogens is 426 g/mol. The standard InChI is InChI=1S/C19H23N5O4S2/c1-12(2)11-24-17(16-8-5-9-28-16)22-23-19(24)29-13(3)18(25)21-14-6-4-7-15(10-14)30(20,26)27/h4-10,12-13H,11H2,1-3H3,(H,21,25)(H2,20,26,27)/t13-/m1/s1. The molecular formula is C19H23N5O4S2. The van der Waals surface area contributed by atoms with Crippen molar-refractivity contribution in [1.29, 1.82) is 0 Å². The van der Waals surface area contributed by atoms with E-state index >= 15 is 0 Å². The van der Waals surface area contributed by atoms with Crippen LogP contribution in [0.25, 0.3) is 11.6 Å². The Morgan fingerprint density at radius 3 is 2.63 bits per heavy atom. The van der Waals surface area contributed by atoms with Gasteiger partial charge in [0.15, 0.2) is 16.7 Å². The molecule has 0 spiro atoms. The van der Waals surface area contributed by atoms with Gasteiger partial charge in [-0.2, -0.15) is 0 Å². The first kappa shape index (κ1) is 22.1. The van der Waals surface area contributed by atoms with Gasteiger partial charge in [0.2, 0.25) is 15.9 Å². The number of carbonyl (C=O) groups excluding carboxylic acids is 1. The maximum atomic E-state index is 12.7. The number of aromatic nitrogens is 3. The van der Waals surface area contributed by atoms with E-state index in [1.54, 1.807) is 25.3 Å². The van der Waals surface area contributed by atoms with Crippen molar-refractivity contribution < 1.29 is 17.6 Å². The van der Waals surface area contributed by atoms with Gasteiger partial charge in [0.1, 0.15) is 0 Å². The fourth-order valence-corrected chi connectivity index (χ4v) is 4.12. The molecule has 3 rings (SSSR count). The Morgan fingerprint density at radius 2 is 2.00 bits per heavy atom. The number of rotatable bonds is 8. The predicted molar refractivity (Wildman–Crippen MR) is 114 cm³/mol. The van der Waals surface area contributed by atoms with Gasteiger partial charge in [-0.15, -0.1) is 10.2 Å². The maximum Gasteiger partial charge on any atom is 0.238 e. The van der Waals surface area contributed by atoms with Gasteiger partial charge in [0.25, 0.3) is 0 Å². The number of carbonyl (C=O) groups is 1. The minimum absolute atomic E-state index is 0.0691. The van der Waals surface area contributed by atoms with Crippen LogP contribution in [0.5, 0.6) is 0 Å². The van der Waals surface area contributed by atoms with Crippen LogP contribution in [0.1, 0.15) is 20.8 Å².